The maximum atomic E-state index is 11.5. The third-order valence-corrected chi connectivity index (χ3v) is 3.09. The summed E-state index contributed by atoms with van der Waals surface area (Å²) in [6, 6.07) is 3.64. The van der Waals surface area contributed by atoms with Gasteiger partial charge in [0.05, 0.1) is 6.54 Å². The third kappa shape index (κ3) is 12.1. The van der Waals surface area contributed by atoms with E-state index in [1.165, 1.54) is 0 Å². The fourth-order valence-electron chi connectivity index (χ4n) is 1.81. The second-order valence-corrected chi connectivity index (χ2v) is 6.78. The summed E-state index contributed by atoms with van der Waals surface area (Å²) < 4.78 is 5.18. The van der Waals surface area contributed by atoms with Crippen LogP contribution in [0.15, 0.2) is 23.3 Å². The Labute approximate surface area is 177 Å². The first-order valence-electron chi connectivity index (χ1n) is 8.39. The quantitative estimate of drug-likeness (QED) is 0.177. The molecule has 0 spiro atoms. The van der Waals surface area contributed by atoms with Crippen LogP contribution in [0.2, 0.25) is 5.15 Å². The summed E-state index contributed by atoms with van der Waals surface area (Å²) in [5.41, 5.74) is 0.497. The first kappa shape index (κ1) is 24.7. The molecule has 0 aliphatic carbocycles. The number of aliphatic imine (C=N–C) groups is 1. The van der Waals surface area contributed by atoms with Gasteiger partial charge in [0.2, 0.25) is 0 Å². The van der Waals surface area contributed by atoms with Crippen molar-refractivity contribution < 1.29 is 9.53 Å². The van der Waals surface area contributed by atoms with Crippen molar-refractivity contribution in [2.24, 2.45) is 4.99 Å². The predicted octanol–water partition coefficient (Wildman–Crippen LogP) is 3.32. The molecule has 148 valence electrons. The number of pyridine rings is 1. The number of aromatic nitrogens is 1. The fraction of sp³-hybridized carbons (Fsp3) is 0.588. The predicted molar refractivity (Wildman–Crippen MR) is 116 cm³/mol. The summed E-state index contributed by atoms with van der Waals surface area (Å²) >= 11 is 5.77. The van der Waals surface area contributed by atoms with Crippen LogP contribution < -0.4 is 16.0 Å². The molecule has 1 rings (SSSR count). The number of hydrogen-bond acceptors (Lipinski definition) is 4. The number of ether oxygens (including phenoxy) is 1. The van der Waals surface area contributed by atoms with Crippen LogP contribution in [0.25, 0.3) is 0 Å². The number of amides is 1. The topological polar surface area (TPSA) is 87.6 Å². The van der Waals surface area contributed by atoms with Crippen LogP contribution in [0.1, 0.15) is 39.7 Å². The van der Waals surface area contributed by atoms with E-state index in [0.717, 1.165) is 24.5 Å². The Morgan fingerprint density at radius 2 is 1.92 bits per heavy atom. The van der Waals surface area contributed by atoms with Gasteiger partial charge in [-0.25, -0.2) is 14.8 Å². The Hall–Kier alpha value is -1.29. The van der Waals surface area contributed by atoms with Gasteiger partial charge in [-0.1, -0.05) is 17.7 Å². The van der Waals surface area contributed by atoms with Crippen LogP contribution in [-0.4, -0.2) is 42.3 Å². The Morgan fingerprint density at radius 1 is 1.23 bits per heavy atom. The summed E-state index contributed by atoms with van der Waals surface area (Å²) in [7, 11) is 0. The monoisotopic (exact) mass is 497 g/mol. The minimum Gasteiger partial charge on any atom is -0.444 e. The molecular weight excluding hydrogens is 469 g/mol. The van der Waals surface area contributed by atoms with E-state index in [0.29, 0.717) is 24.8 Å². The molecule has 3 N–H and O–H groups in total. The molecule has 0 saturated carbocycles. The highest BCUT2D eigenvalue weighted by Gasteiger charge is 2.15. The number of guanidine groups is 1. The molecule has 7 nitrogen and oxygen atoms in total. The highest BCUT2D eigenvalue weighted by molar-refractivity contribution is 14.0. The van der Waals surface area contributed by atoms with Crippen molar-refractivity contribution in [2.45, 2.75) is 46.3 Å². The van der Waals surface area contributed by atoms with Gasteiger partial charge in [0.1, 0.15) is 10.8 Å². The molecule has 1 aromatic heterocycles. The van der Waals surface area contributed by atoms with E-state index in [9.17, 15) is 4.79 Å². The highest BCUT2D eigenvalue weighted by Crippen LogP contribution is 2.06. The normalized spacial score (nSPS) is 11.3. The van der Waals surface area contributed by atoms with Gasteiger partial charge in [-0.15, -0.1) is 24.0 Å². The summed E-state index contributed by atoms with van der Waals surface area (Å²) in [6.07, 6.45) is 2.06. The second-order valence-electron chi connectivity index (χ2n) is 6.39. The molecule has 1 aromatic rings. The summed E-state index contributed by atoms with van der Waals surface area (Å²) in [6.45, 7) is 10.0. The molecule has 0 bridgehead atoms. The molecular formula is C17H29ClIN5O2. The van der Waals surface area contributed by atoms with Gasteiger partial charge >= 0.3 is 6.09 Å². The van der Waals surface area contributed by atoms with Crippen LogP contribution in [0.3, 0.4) is 0 Å². The Kier molecular flexibility index (Phi) is 12.3. The number of carbonyl (C=O) groups is 1. The molecule has 0 saturated heterocycles. The minimum absolute atomic E-state index is 0. The molecule has 26 heavy (non-hydrogen) atoms. The average molecular weight is 498 g/mol. The van der Waals surface area contributed by atoms with E-state index < -0.39 is 11.7 Å². The van der Waals surface area contributed by atoms with Crippen molar-refractivity contribution in [3.63, 3.8) is 0 Å². The smallest absolute Gasteiger partial charge is 0.407 e. The molecule has 1 amide bonds. The van der Waals surface area contributed by atoms with E-state index in [1.807, 2.05) is 33.8 Å². The standard InChI is InChI=1S/C17H28ClN5O2.HI/c1-5-19-15(23-12-13-7-8-14(18)22-11-13)20-9-6-10-21-16(24)25-17(2,3)4;/h7-8,11H,5-6,9-10,12H2,1-4H3,(H,21,24)(H2,19,20,23);1H. The lowest BCUT2D eigenvalue weighted by molar-refractivity contribution is 0.0527. The lowest BCUT2D eigenvalue weighted by Gasteiger charge is -2.19. The lowest BCUT2D eigenvalue weighted by Crippen LogP contribution is -2.39. The van der Waals surface area contributed by atoms with Gasteiger partial charge in [-0.2, -0.15) is 0 Å². The fourth-order valence-corrected chi connectivity index (χ4v) is 1.92. The highest BCUT2D eigenvalue weighted by atomic mass is 127. The van der Waals surface area contributed by atoms with Crippen molar-refractivity contribution in [3.8, 4) is 0 Å². The van der Waals surface area contributed by atoms with Crippen molar-refractivity contribution in [3.05, 3.63) is 29.0 Å². The van der Waals surface area contributed by atoms with E-state index in [1.54, 1.807) is 12.3 Å². The third-order valence-electron chi connectivity index (χ3n) is 2.87. The van der Waals surface area contributed by atoms with Crippen molar-refractivity contribution in [2.75, 3.05) is 19.6 Å². The number of rotatable bonds is 7. The number of hydrogen-bond donors (Lipinski definition) is 3. The Morgan fingerprint density at radius 3 is 2.50 bits per heavy atom. The van der Waals surface area contributed by atoms with Gasteiger partial charge in [0, 0.05) is 25.8 Å². The Bertz CT molecular complexity index is 561. The molecule has 0 aromatic carbocycles. The first-order chi connectivity index (χ1) is 11.8. The van der Waals surface area contributed by atoms with Gasteiger partial charge in [-0.05, 0) is 45.7 Å². The molecule has 0 atom stereocenters. The van der Waals surface area contributed by atoms with Crippen molar-refractivity contribution >= 4 is 47.6 Å². The zero-order valence-electron chi connectivity index (χ0n) is 15.8. The SMILES string of the molecule is CCNC(=NCc1ccc(Cl)nc1)NCCCNC(=O)OC(C)(C)C.I. The molecule has 0 unspecified atom stereocenters. The largest absolute Gasteiger partial charge is 0.444 e. The van der Waals surface area contributed by atoms with E-state index in [2.05, 4.69) is 25.9 Å². The minimum atomic E-state index is -0.482. The molecule has 0 aliphatic heterocycles. The van der Waals surface area contributed by atoms with E-state index >= 15 is 0 Å². The van der Waals surface area contributed by atoms with Crippen molar-refractivity contribution in [1.82, 2.24) is 20.9 Å². The number of carbonyl (C=O) groups excluding carboxylic acids is 1. The molecule has 9 heteroatoms. The summed E-state index contributed by atoms with van der Waals surface area (Å²) in [4.78, 5) is 20.1. The zero-order chi connectivity index (χ0) is 18.7. The zero-order valence-corrected chi connectivity index (χ0v) is 18.9. The second kappa shape index (κ2) is 13.0. The number of nitrogens with one attached hydrogen (secondary N) is 3. The molecule has 1 heterocycles. The van der Waals surface area contributed by atoms with Gasteiger partial charge in [0.15, 0.2) is 5.96 Å². The average Bonchev–Trinajstić information content (AvgIpc) is 2.52. The lowest BCUT2D eigenvalue weighted by atomic mass is 10.2. The van der Waals surface area contributed by atoms with E-state index in [-0.39, 0.29) is 24.0 Å². The van der Waals surface area contributed by atoms with E-state index in [4.69, 9.17) is 16.3 Å². The number of halogens is 2. The molecule has 0 aliphatic rings. The van der Waals surface area contributed by atoms with Crippen LogP contribution >= 0.6 is 35.6 Å². The summed E-state index contributed by atoms with van der Waals surface area (Å²) in [5, 5.41) is 9.59. The first-order valence-corrected chi connectivity index (χ1v) is 8.77. The van der Waals surface area contributed by atoms with Crippen LogP contribution in [0.5, 0.6) is 0 Å². The number of alkyl carbamates (subject to hydrolysis) is 1. The van der Waals surface area contributed by atoms with Crippen LogP contribution in [0, 0.1) is 0 Å². The van der Waals surface area contributed by atoms with Gasteiger partial charge in [0.25, 0.3) is 0 Å². The van der Waals surface area contributed by atoms with Crippen LogP contribution in [-0.2, 0) is 11.3 Å². The molecule has 0 radical (unpaired) electrons. The van der Waals surface area contributed by atoms with Crippen LogP contribution in [0.4, 0.5) is 4.79 Å². The summed E-state index contributed by atoms with van der Waals surface area (Å²) in [5.74, 6) is 0.717. The molecule has 0 fully saturated rings. The maximum Gasteiger partial charge on any atom is 0.407 e. The Balaban J connectivity index is 0.00000625. The van der Waals surface area contributed by atoms with Gasteiger partial charge in [-0.3, -0.25) is 0 Å². The number of nitrogens with zero attached hydrogens (tertiary/aromatic N) is 2. The van der Waals surface area contributed by atoms with Crippen molar-refractivity contribution in [1.29, 1.82) is 0 Å². The maximum absolute atomic E-state index is 11.5. The van der Waals surface area contributed by atoms with Gasteiger partial charge < -0.3 is 20.7 Å².